The van der Waals surface area contributed by atoms with Crippen molar-refractivity contribution in [1.82, 2.24) is 5.32 Å². The van der Waals surface area contributed by atoms with E-state index in [1.807, 2.05) is 0 Å². The number of nitrogens with one attached hydrogen (secondary N) is 1. The van der Waals surface area contributed by atoms with Crippen LogP contribution in [0.4, 0.5) is 0 Å². The first kappa shape index (κ1) is 7.63. The van der Waals surface area contributed by atoms with Crippen LogP contribution >= 0.6 is 43.6 Å². The number of allylic oxidation sites excluding steroid dienone is 1. The van der Waals surface area contributed by atoms with E-state index in [4.69, 9.17) is 0 Å². The van der Waals surface area contributed by atoms with Crippen LogP contribution in [0.15, 0.2) is 9.51 Å². The summed E-state index contributed by atoms with van der Waals surface area (Å²) < 4.78 is 0.992. The van der Waals surface area contributed by atoms with Crippen molar-refractivity contribution in [3.05, 3.63) is 9.51 Å². The first-order valence-electron chi connectivity index (χ1n) is 2.16. The monoisotopic (exact) mass is 271 g/mol. The van der Waals surface area contributed by atoms with Gasteiger partial charge in [-0.05, 0) is 15.9 Å². The maximum Gasteiger partial charge on any atom is 0.167 e. The molecule has 0 aromatic heterocycles. The molecule has 2 nitrogen and oxygen atoms in total. The summed E-state index contributed by atoms with van der Waals surface area (Å²) in [5.74, 6) is 0. The molecule has 0 bridgehead atoms. The van der Waals surface area contributed by atoms with Crippen LogP contribution in [0.2, 0.25) is 0 Å². The first-order valence-corrected chi connectivity index (χ1v) is 4.75. The molecule has 0 amide bonds. The molecule has 1 heterocycles. The van der Waals surface area contributed by atoms with E-state index in [2.05, 4.69) is 37.2 Å². The van der Waals surface area contributed by atoms with Gasteiger partial charge in [-0.3, -0.25) is 4.79 Å². The van der Waals surface area contributed by atoms with Gasteiger partial charge in [0.1, 0.15) is 4.28 Å². The standard InChI is InChI=1S/C4H3Br2NOS/c5-3-2(1-8)7-4(6)9-3/h1,4,7H. The lowest BCUT2D eigenvalue weighted by Crippen LogP contribution is -2.13. The number of rotatable bonds is 1. The quantitative estimate of drug-likeness (QED) is 0.448. The van der Waals surface area contributed by atoms with Crippen molar-refractivity contribution in [3.63, 3.8) is 0 Å². The number of carbonyl (C=O) groups is 1. The number of hydrogen-bond donors (Lipinski definition) is 1. The van der Waals surface area contributed by atoms with E-state index >= 15 is 0 Å². The lowest BCUT2D eigenvalue weighted by molar-refractivity contribution is -0.105. The number of thioether (sulfide) groups is 1. The third-order valence-corrected chi connectivity index (χ3v) is 3.33. The number of hydrogen-bond acceptors (Lipinski definition) is 3. The second-order valence-corrected chi connectivity index (χ2v) is 5.34. The molecule has 1 aliphatic heterocycles. The van der Waals surface area contributed by atoms with Crippen LogP contribution in [0.5, 0.6) is 0 Å². The van der Waals surface area contributed by atoms with Crippen molar-refractivity contribution in [2.45, 2.75) is 4.28 Å². The van der Waals surface area contributed by atoms with Gasteiger partial charge in [-0.15, -0.1) is 0 Å². The lowest BCUT2D eigenvalue weighted by Gasteiger charge is -1.97. The topological polar surface area (TPSA) is 29.1 Å². The Morgan fingerprint density at radius 2 is 2.44 bits per heavy atom. The van der Waals surface area contributed by atoms with E-state index in [1.165, 1.54) is 11.8 Å². The molecular formula is C4H3Br2NOS. The smallest absolute Gasteiger partial charge is 0.167 e. The largest absolute Gasteiger partial charge is 0.360 e. The molecule has 1 atom stereocenters. The zero-order valence-electron chi connectivity index (χ0n) is 4.23. The van der Waals surface area contributed by atoms with E-state index in [-0.39, 0.29) is 4.28 Å². The predicted octanol–water partition coefficient (Wildman–Crippen LogP) is 1.76. The molecule has 1 unspecified atom stereocenters. The Morgan fingerprint density at radius 3 is 2.67 bits per heavy atom. The van der Waals surface area contributed by atoms with Crippen LogP contribution in [0.3, 0.4) is 0 Å². The second kappa shape index (κ2) is 3.07. The molecule has 5 heteroatoms. The molecule has 0 radical (unpaired) electrons. The van der Waals surface area contributed by atoms with Crippen LogP contribution in [0.25, 0.3) is 0 Å². The van der Waals surface area contributed by atoms with Crippen molar-refractivity contribution in [2.24, 2.45) is 0 Å². The van der Waals surface area contributed by atoms with Crippen molar-refractivity contribution >= 4 is 49.9 Å². The van der Waals surface area contributed by atoms with Crippen LogP contribution < -0.4 is 5.32 Å². The van der Waals surface area contributed by atoms with Gasteiger partial charge in [0.15, 0.2) is 6.29 Å². The van der Waals surface area contributed by atoms with Gasteiger partial charge >= 0.3 is 0 Å². The maximum atomic E-state index is 10.2. The van der Waals surface area contributed by atoms with E-state index < -0.39 is 0 Å². The fraction of sp³-hybridized carbons (Fsp3) is 0.250. The lowest BCUT2D eigenvalue weighted by atomic mass is 10.6. The van der Waals surface area contributed by atoms with Gasteiger partial charge in [-0.1, -0.05) is 27.7 Å². The molecule has 0 fully saturated rings. The summed E-state index contributed by atoms with van der Waals surface area (Å²) in [6.07, 6.45) is 0.790. The van der Waals surface area contributed by atoms with Gasteiger partial charge in [0.05, 0.1) is 9.51 Å². The molecule has 0 aromatic carbocycles. The highest BCUT2D eigenvalue weighted by Gasteiger charge is 2.18. The molecule has 50 valence electrons. The summed E-state index contributed by atoms with van der Waals surface area (Å²) in [5, 5.41) is 2.90. The Balaban J connectivity index is 2.69. The normalized spacial score (nSPS) is 26.2. The van der Waals surface area contributed by atoms with Gasteiger partial charge in [-0.25, -0.2) is 0 Å². The summed E-state index contributed by atoms with van der Waals surface area (Å²) in [6.45, 7) is 0. The summed E-state index contributed by atoms with van der Waals surface area (Å²) in [4.78, 5) is 10.2. The van der Waals surface area contributed by atoms with Crippen molar-refractivity contribution in [1.29, 1.82) is 0 Å². The third kappa shape index (κ3) is 1.72. The Bertz CT molecular complexity index is 170. The molecule has 0 aliphatic carbocycles. The summed E-state index contributed by atoms with van der Waals surface area (Å²) in [7, 11) is 0. The SMILES string of the molecule is O=CC1=C(Br)SC(Br)N1. The number of alkyl halides is 1. The van der Waals surface area contributed by atoms with E-state index in [0.717, 1.165) is 10.1 Å². The minimum atomic E-state index is 0.132. The maximum absolute atomic E-state index is 10.2. The van der Waals surface area contributed by atoms with Crippen LogP contribution in [-0.4, -0.2) is 10.6 Å². The van der Waals surface area contributed by atoms with Crippen LogP contribution in [0, 0.1) is 0 Å². The molecule has 0 saturated carbocycles. The van der Waals surface area contributed by atoms with Crippen molar-refractivity contribution in [2.75, 3.05) is 0 Å². The Labute approximate surface area is 73.7 Å². The predicted molar refractivity (Wildman–Crippen MR) is 45.5 cm³/mol. The average molecular weight is 273 g/mol. The fourth-order valence-corrected chi connectivity index (χ4v) is 3.37. The molecule has 0 aromatic rings. The van der Waals surface area contributed by atoms with Crippen LogP contribution in [-0.2, 0) is 4.79 Å². The van der Waals surface area contributed by atoms with Gasteiger partial charge in [-0.2, -0.15) is 0 Å². The minimum Gasteiger partial charge on any atom is -0.360 e. The number of carbonyl (C=O) groups excluding carboxylic acids is 1. The van der Waals surface area contributed by atoms with E-state index in [0.29, 0.717) is 5.70 Å². The zero-order chi connectivity index (χ0) is 6.85. The van der Waals surface area contributed by atoms with Gasteiger partial charge in [0.2, 0.25) is 0 Å². The van der Waals surface area contributed by atoms with Crippen LogP contribution in [0.1, 0.15) is 0 Å². The molecule has 0 saturated heterocycles. The highest BCUT2D eigenvalue weighted by Crippen LogP contribution is 2.36. The van der Waals surface area contributed by atoms with E-state index in [9.17, 15) is 4.79 Å². The van der Waals surface area contributed by atoms with Gasteiger partial charge in [0, 0.05) is 0 Å². The van der Waals surface area contributed by atoms with E-state index in [1.54, 1.807) is 0 Å². The highest BCUT2D eigenvalue weighted by atomic mass is 79.9. The molecule has 1 aliphatic rings. The van der Waals surface area contributed by atoms with Crippen molar-refractivity contribution in [3.8, 4) is 0 Å². The number of aldehydes is 1. The molecular weight excluding hydrogens is 270 g/mol. The average Bonchev–Trinajstić information content (AvgIpc) is 2.10. The summed E-state index contributed by atoms with van der Waals surface area (Å²) in [5.41, 5.74) is 0.613. The Kier molecular flexibility index (Phi) is 2.60. The Morgan fingerprint density at radius 1 is 1.78 bits per heavy atom. The molecule has 1 rings (SSSR count). The third-order valence-electron chi connectivity index (χ3n) is 0.806. The minimum absolute atomic E-state index is 0.132. The zero-order valence-corrected chi connectivity index (χ0v) is 8.22. The molecule has 9 heavy (non-hydrogen) atoms. The van der Waals surface area contributed by atoms with Crippen molar-refractivity contribution < 1.29 is 4.79 Å². The summed E-state index contributed by atoms with van der Waals surface area (Å²) >= 11 is 8.03. The highest BCUT2D eigenvalue weighted by molar-refractivity contribution is 9.15. The molecule has 1 N–H and O–H groups in total. The van der Waals surface area contributed by atoms with Gasteiger partial charge < -0.3 is 5.32 Å². The van der Waals surface area contributed by atoms with Gasteiger partial charge in [0.25, 0.3) is 0 Å². The fourth-order valence-electron chi connectivity index (χ4n) is 0.443. The summed E-state index contributed by atoms with van der Waals surface area (Å²) in [6, 6.07) is 0. The second-order valence-electron chi connectivity index (χ2n) is 1.38. The first-order chi connectivity index (χ1) is 4.24. The number of halogens is 2. The Hall–Kier alpha value is 0.520. The molecule has 0 spiro atoms.